The van der Waals surface area contributed by atoms with Gasteiger partial charge in [-0.2, -0.15) is 0 Å². The van der Waals surface area contributed by atoms with Crippen molar-refractivity contribution in [1.82, 2.24) is 9.13 Å². The van der Waals surface area contributed by atoms with Gasteiger partial charge < -0.3 is 15.2 Å². The zero-order valence-corrected chi connectivity index (χ0v) is 26.4. The van der Waals surface area contributed by atoms with E-state index in [0.717, 1.165) is 16.9 Å². The van der Waals surface area contributed by atoms with E-state index in [9.17, 15) is 0 Å². The van der Waals surface area contributed by atoms with Crippen molar-refractivity contribution in [3.63, 3.8) is 0 Å². The Morgan fingerprint density at radius 2 is 0.923 bits per heavy atom. The van der Waals surface area contributed by atoms with Gasteiger partial charge in [0, 0.05) is 20.3 Å². The van der Waals surface area contributed by atoms with E-state index >= 15 is 0 Å². The van der Waals surface area contributed by atoms with Crippen LogP contribution in [0, 0.1) is 3.80 Å². The van der Waals surface area contributed by atoms with Crippen molar-refractivity contribution < 1.29 is 57.2 Å². The van der Waals surface area contributed by atoms with Gasteiger partial charge in [0.15, 0.2) is 0 Å². The third-order valence-corrected chi connectivity index (χ3v) is 7.12. The van der Waals surface area contributed by atoms with Crippen molar-refractivity contribution in [2.75, 3.05) is 107 Å². The van der Waals surface area contributed by atoms with Crippen LogP contribution in [0.2, 0.25) is 0 Å². The maximum atomic E-state index is 5.65. The maximum absolute atomic E-state index is 5.65. The summed E-state index contributed by atoms with van der Waals surface area (Å²) in [5.41, 5.74) is 5.63. The molecule has 0 saturated heterocycles. The normalized spacial score (nSPS) is 14.0. The van der Waals surface area contributed by atoms with E-state index in [1.54, 1.807) is 14.2 Å². The topological polar surface area (TPSA) is 110 Å². The average molecular weight is 743 g/mol. The molecule has 0 aromatic carbocycles. The molecule has 1 aromatic heterocycles. The molecular formula is C27H53N3O8Pt. The van der Waals surface area contributed by atoms with Crippen LogP contribution in [-0.4, -0.2) is 122 Å². The maximum Gasteiger partial charge on any atom is 0.00388 e. The van der Waals surface area contributed by atoms with Crippen molar-refractivity contribution in [3.8, 4) is 0 Å². The van der Waals surface area contributed by atoms with Gasteiger partial charge in [-0.3, -0.25) is 0 Å². The summed E-state index contributed by atoms with van der Waals surface area (Å²) < 4.78 is 48.2. The molecule has 2 N–H and O–H groups in total. The molecule has 0 spiro atoms. The molecular weight excluding hydrogens is 689 g/mol. The number of ether oxygens (including phenoxy) is 8. The Hall–Kier alpha value is -0.462. The molecule has 234 valence electrons. The van der Waals surface area contributed by atoms with Gasteiger partial charge in [0.05, 0.1) is 13.2 Å². The van der Waals surface area contributed by atoms with Gasteiger partial charge in [0.25, 0.3) is 0 Å². The fourth-order valence-electron chi connectivity index (χ4n) is 3.59. The number of aromatic nitrogens is 2. The molecule has 0 aliphatic heterocycles. The molecule has 0 radical (unpaired) electrons. The first-order valence-electron chi connectivity index (χ1n) is 14.1. The van der Waals surface area contributed by atoms with E-state index in [4.69, 9.17) is 43.6 Å². The van der Waals surface area contributed by atoms with Crippen LogP contribution in [0.5, 0.6) is 0 Å². The number of hydrogen-bond donors (Lipinski definition) is 1. The Morgan fingerprint density at radius 1 is 0.590 bits per heavy atom. The van der Waals surface area contributed by atoms with E-state index < -0.39 is 0 Å². The third-order valence-electron chi connectivity index (χ3n) is 5.82. The summed E-state index contributed by atoms with van der Waals surface area (Å²) in [6.07, 6.45) is 10.8. The first-order valence-corrected chi connectivity index (χ1v) is 15.2. The minimum absolute atomic E-state index is 0.536. The van der Waals surface area contributed by atoms with Gasteiger partial charge in [-0.1, -0.05) is 19.3 Å². The fraction of sp³-hybridized carbons (Fsp3) is 0.889. The molecule has 11 nitrogen and oxygen atoms in total. The van der Waals surface area contributed by atoms with Gasteiger partial charge in [-0.15, -0.1) is 0 Å². The number of imidazole rings is 1. The van der Waals surface area contributed by atoms with Crippen LogP contribution in [0.15, 0.2) is 12.4 Å². The van der Waals surface area contributed by atoms with Gasteiger partial charge >= 0.3 is 165 Å². The molecule has 1 heterocycles. The van der Waals surface area contributed by atoms with Crippen LogP contribution in [0.1, 0.15) is 32.1 Å². The summed E-state index contributed by atoms with van der Waals surface area (Å²) in [6.45, 7) is 9.86. The molecule has 0 unspecified atom stereocenters. The summed E-state index contributed by atoms with van der Waals surface area (Å²) in [6, 6.07) is 0.536. The summed E-state index contributed by atoms with van der Waals surface area (Å²) in [7, 11) is 3.31. The van der Waals surface area contributed by atoms with Gasteiger partial charge in [0.2, 0.25) is 0 Å². The molecule has 1 fully saturated rings. The van der Waals surface area contributed by atoms with Crippen LogP contribution in [-0.2, 0) is 70.3 Å². The molecule has 0 amide bonds. The quantitative estimate of drug-likeness (QED) is 0.159. The molecule has 1 aliphatic carbocycles. The number of nitrogens with zero attached hydrogens (tertiary/aromatic N) is 2. The summed E-state index contributed by atoms with van der Waals surface area (Å²) in [5.74, 6) is 0. The van der Waals surface area contributed by atoms with Crippen molar-refractivity contribution in [2.24, 2.45) is 5.73 Å². The Bertz CT molecular complexity index is 654. The first-order chi connectivity index (χ1) is 19.2. The average Bonchev–Trinajstić information content (AvgIpc) is 3.30. The SMILES string of the molecule is COCCOCCOCCOCCn1ccn(CCOCCOCCOCCOC)[c]1=[Pt].NC1CCCCC1. The second-order valence-corrected chi connectivity index (χ2v) is 10.0. The van der Waals surface area contributed by atoms with Crippen LogP contribution >= 0.6 is 0 Å². The molecule has 2 rings (SSSR count). The minimum Gasteiger partial charge on any atom is -0.328 e. The van der Waals surface area contributed by atoms with Crippen LogP contribution < -0.4 is 5.73 Å². The third kappa shape index (κ3) is 21.9. The van der Waals surface area contributed by atoms with Crippen LogP contribution in [0.25, 0.3) is 0 Å². The van der Waals surface area contributed by atoms with E-state index in [1.807, 2.05) is 0 Å². The number of nitrogens with two attached hydrogens (primary N) is 1. The predicted molar refractivity (Wildman–Crippen MR) is 145 cm³/mol. The van der Waals surface area contributed by atoms with Crippen LogP contribution in [0.4, 0.5) is 0 Å². The fourth-order valence-corrected chi connectivity index (χ4v) is 4.43. The summed E-state index contributed by atoms with van der Waals surface area (Å²) in [5, 5.41) is 0. The van der Waals surface area contributed by atoms with Gasteiger partial charge in [-0.25, -0.2) is 0 Å². The summed E-state index contributed by atoms with van der Waals surface area (Å²) in [4.78, 5) is 0. The van der Waals surface area contributed by atoms with Gasteiger partial charge in [0.1, 0.15) is 0 Å². The van der Waals surface area contributed by atoms with Crippen molar-refractivity contribution in [2.45, 2.75) is 51.2 Å². The predicted octanol–water partition coefficient (Wildman–Crippen LogP) is 2.04. The Morgan fingerprint density at radius 3 is 1.23 bits per heavy atom. The number of methoxy groups -OCH3 is 2. The zero-order valence-electron chi connectivity index (χ0n) is 24.1. The van der Waals surface area contributed by atoms with Gasteiger partial charge in [-0.05, 0) is 12.8 Å². The number of hydrogen-bond acceptors (Lipinski definition) is 9. The molecule has 0 atom stereocenters. The molecule has 0 bridgehead atoms. The largest absolute Gasteiger partial charge is 0.328 e. The smallest absolute Gasteiger partial charge is 0.00388 e. The number of rotatable bonds is 24. The molecule has 1 saturated carbocycles. The van der Waals surface area contributed by atoms with Crippen LogP contribution in [0.3, 0.4) is 0 Å². The van der Waals surface area contributed by atoms with Crippen molar-refractivity contribution in [1.29, 1.82) is 0 Å². The molecule has 1 aliphatic rings. The zero-order chi connectivity index (χ0) is 28.2. The second kappa shape index (κ2) is 27.7. The van der Waals surface area contributed by atoms with Crippen molar-refractivity contribution >= 4 is 0 Å². The Kier molecular flexibility index (Phi) is 26.0. The Balaban J connectivity index is 0.000000934. The molecule has 1 aromatic rings. The standard InChI is InChI=1S/C21H40N2O8.C6H13N.Pt/c1-24-9-11-28-17-19-30-15-13-26-7-5-22-3-4-23(21-22)6-8-27-14-16-31-20-18-29-12-10-25-2;7-6-4-2-1-3-5-6;/h3-4H,5-20H2,1-2H3;6H,1-5,7H2;. The van der Waals surface area contributed by atoms with Crippen molar-refractivity contribution in [3.05, 3.63) is 16.2 Å². The van der Waals surface area contributed by atoms with E-state index in [1.165, 1.54) is 32.1 Å². The van der Waals surface area contributed by atoms with E-state index in [-0.39, 0.29) is 0 Å². The van der Waals surface area contributed by atoms with E-state index in [2.05, 4.69) is 40.9 Å². The second-order valence-electron chi connectivity index (χ2n) is 8.98. The Labute approximate surface area is 245 Å². The monoisotopic (exact) mass is 742 g/mol. The minimum atomic E-state index is 0.536. The summed E-state index contributed by atoms with van der Waals surface area (Å²) >= 11 is 2.32. The van der Waals surface area contributed by atoms with E-state index in [0.29, 0.717) is 98.5 Å². The first kappa shape index (κ1) is 36.6. The molecule has 12 heteroatoms. The molecule has 39 heavy (non-hydrogen) atoms.